The van der Waals surface area contributed by atoms with Crippen molar-refractivity contribution >= 4 is 22.6 Å². The number of hydrogen-bond donors (Lipinski definition) is 1. The van der Waals surface area contributed by atoms with Crippen LogP contribution in [0.25, 0.3) is 10.8 Å². The van der Waals surface area contributed by atoms with E-state index in [1.807, 2.05) is 0 Å². The van der Waals surface area contributed by atoms with Crippen LogP contribution in [0.15, 0.2) is 35.3 Å². The molecular formula is C19H22N2O4. The maximum Gasteiger partial charge on any atom is 0.337 e. The van der Waals surface area contributed by atoms with Gasteiger partial charge < -0.3 is 14.6 Å². The molecule has 1 aromatic carbocycles. The normalized spacial score (nSPS) is 15.9. The van der Waals surface area contributed by atoms with Crippen molar-refractivity contribution in [2.45, 2.75) is 44.7 Å². The second kappa shape index (κ2) is 7.09. The predicted molar refractivity (Wildman–Crippen MR) is 94.7 cm³/mol. The van der Waals surface area contributed by atoms with Gasteiger partial charge in [-0.1, -0.05) is 18.9 Å². The summed E-state index contributed by atoms with van der Waals surface area (Å²) >= 11 is 0. The van der Waals surface area contributed by atoms with Gasteiger partial charge in [0.1, 0.15) is 6.04 Å². The number of rotatable bonds is 4. The Kier molecular flexibility index (Phi) is 4.88. The Morgan fingerprint density at radius 3 is 2.64 bits per heavy atom. The second-order valence-corrected chi connectivity index (χ2v) is 6.49. The summed E-state index contributed by atoms with van der Waals surface area (Å²) in [5.74, 6) is -0.652. The molecule has 2 aromatic rings. The van der Waals surface area contributed by atoms with Gasteiger partial charge in [0.15, 0.2) is 0 Å². The molecule has 0 radical (unpaired) electrons. The molecule has 0 unspecified atom stereocenters. The number of benzene rings is 1. The van der Waals surface area contributed by atoms with Gasteiger partial charge in [0, 0.05) is 17.6 Å². The molecule has 6 nitrogen and oxygen atoms in total. The van der Waals surface area contributed by atoms with Gasteiger partial charge in [-0.2, -0.15) is 0 Å². The first kappa shape index (κ1) is 17.2. The third-order valence-electron chi connectivity index (χ3n) is 4.85. The molecule has 0 saturated heterocycles. The Labute approximate surface area is 145 Å². The molecule has 1 aliphatic rings. The first-order valence-electron chi connectivity index (χ1n) is 8.55. The summed E-state index contributed by atoms with van der Waals surface area (Å²) < 4.78 is 6.11. The lowest BCUT2D eigenvalue weighted by Gasteiger charge is -2.19. The molecule has 1 heterocycles. The first-order chi connectivity index (χ1) is 12.0. The van der Waals surface area contributed by atoms with Gasteiger partial charge in [-0.25, -0.2) is 4.79 Å². The largest absolute Gasteiger partial charge is 0.465 e. The highest BCUT2D eigenvalue weighted by molar-refractivity contribution is 5.95. The maximum absolute atomic E-state index is 12.8. The molecule has 3 rings (SSSR count). The van der Waals surface area contributed by atoms with Gasteiger partial charge in [0.25, 0.3) is 5.56 Å². The van der Waals surface area contributed by atoms with Crippen LogP contribution in [0.3, 0.4) is 0 Å². The van der Waals surface area contributed by atoms with E-state index in [0.717, 1.165) is 31.1 Å². The van der Waals surface area contributed by atoms with Crippen molar-refractivity contribution in [3.05, 3.63) is 46.4 Å². The molecule has 1 aliphatic carbocycles. The van der Waals surface area contributed by atoms with Crippen LogP contribution >= 0.6 is 0 Å². The number of pyridine rings is 1. The average molecular weight is 342 g/mol. The zero-order chi connectivity index (χ0) is 18.0. The minimum atomic E-state index is -0.612. The lowest BCUT2D eigenvalue weighted by atomic mass is 10.1. The number of aromatic nitrogens is 1. The Morgan fingerprint density at radius 1 is 1.24 bits per heavy atom. The van der Waals surface area contributed by atoms with Crippen LogP contribution in [0.4, 0.5) is 0 Å². The third kappa shape index (κ3) is 3.43. The minimum Gasteiger partial charge on any atom is -0.465 e. The number of methoxy groups -OCH3 is 1. The number of nitrogens with one attached hydrogen (secondary N) is 1. The number of carbonyl (C=O) groups excluding carboxylic acids is 2. The van der Waals surface area contributed by atoms with Gasteiger partial charge in [0.2, 0.25) is 5.91 Å². The van der Waals surface area contributed by atoms with Gasteiger partial charge in [0.05, 0.1) is 12.7 Å². The first-order valence-corrected chi connectivity index (χ1v) is 8.55. The number of amides is 1. The van der Waals surface area contributed by atoms with Gasteiger partial charge in [-0.3, -0.25) is 9.59 Å². The molecule has 0 bridgehead atoms. The second-order valence-electron chi connectivity index (χ2n) is 6.49. The zero-order valence-corrected chi connectivity index (χ0v) is 14.5. The standard InChI is InChI=1S/C19H22N2O4/c1-12(17(22)20-15-5-3-4-6-15)21-10-9-13-7-8-14(19(24)25-2)11-16(13)18(21)23/h7-12,15H,3-6H2,1-2H3,(H,20,22)/t12-/m1/s1. The fourth-order valence-corrected chi connectivity index (χ4v) is 3.32. The molecule has 1 aromatic heterocycles. The predicted octanol–water partition coefficient (Wildman–Crippen LogP) is 2.41. The summed E-state index contributed by atoms with van der Waals surface area (Å²) in [6.07, 6.45) is 5.87. The van der Waals surface area contributed by atoms with Crippen molar-refractivity contribution in [2.24, 2.45) is 0 Å². The molecule has 1 fully saturated rings. The van der Waals surface area contributed by atoms with E-state index in [0.29, 0.717) is 10.9 Å². The van der Waals surface area contributed by atoms with Crippen molar-refractivity contribution in [1.82, 2.24) is 9.88 Å². The summed E-state index contributed by atoms with van der Waals surface area (Å²) in [5, 5.41) is 4.13. The number of ether oxygens (including phenoxy) is 1. The van der Waals surface area contributed by atoms with Crippen molar-refractivity contribution in [1.29, 1.82) is 0 Å². The molecule has 1 amide bonds. The fourth-order valence-electron chi connectivity index (χ4n) is 3.32. The molecule has 132 valence electrons. The van der Waals surface area contributed by atoms with Crippen LogP contribution in [-0.2, 0) is 9.53 Å². The van der Waals surface area contributed by atoms with E-state index in [2.05, 4.69) is 5.32 Å². The smallest absolute Gasteiger partial charge is 0.337 e. The molecule has 1 atom stereocenters. The molecule has 1 saturated carbocycles. The molecule has 1 N–H and O–H groups in total. The summed E-state index contributed by atoms with van der Waals surface area (Å²) in [4.78, 5) is 37.0. The Bertz CT molecular complexity index is 865. The fraction of sp³-hybridized carbons (Fsp3) is 0.421. The van der Waals surface area contributed by atoms with Crippen LogP contribution in [-0.4, -0.2) is 29.6 Å². The molecule has 25 heavy (non-hydrogen) atoms. The van der Waals surface area contributed by atoms with Crippen LogP contribution in [0.2, 0.25) is 0 Å². The van der Waals surface area contributed by atoms with Gasteiger partial charge >= 0.3 is 5.97 Å². The number of nitrogens with zero attached hydrogens (tertiary/aromatic N) is 1. The van der Waals surface area contributed by atoms with E-state index in [4.69, 9.17) is 4.74 Å². The quantitative estimate of drug-likeness (QED) is 0.866. The third-order valence-corrected chi connectivity index (χ3v) is 4.85. The lowest BCUT2D eigenvalue weighted by molar-refractivity contribution is -0.124. The SMILES string of the molecule is COC(=O)c1ccc2ccn([C@H](C)C(=O)NC3CCCC3)c(=O)c2c1. The van der Waals surface area contributed by atoms with Crippen LogP contribution < -0.4 is 10.9 Å². The van der Waals surface area contributed by atoms with Crippen LogP contribution in [0.1, 0.15) is 49.0 Å². The van der Waals surface area contributed by atoms with Crippen LogP contribution in [0, 0.1) is 0 Å². The van der Waals surface area contributed by atoms with E-state index in [1.54, 1.807) is 31.3 Å². The van der Waals surface area contributed by atoms with Crippen molar-refractivity contribution < 1.29 is 14.3 Å². The minimum absolute atomic E-state index is 0.155. The Hall–Kier alpha value is -2.63. The number of carbonyl (C=O) groups is 2. The lowest BCUT2D eigenvalue weighted by Crippen LogP contribution is -2.40. The van der Waals surface area contributed by atoms with E-state index in [-0.39, 0.29) is 17.5 Å². The maximum atomic E-state index is 12.8. The molecule has 6 heteroatoms. The van der Waals surface area contributed by atoms with Crippen molar-refractivity contribution in [2.75, 3.05) is 7.11 Å². The topological polar surface area (TPSA) is 77.4 Å². The summed E-state index contributed by atoms with van der Waals surface area (Å²) in [7, 11) is 1.30. The average Bonchev–Trinajstić information content (AvgIpc) is 3.13. The van der Waals surface area contributed by atoms with Crippen molar-refractivity contribution in [3.63, 3.8) is 0 Å². The number of esters is 1. The molecule has 0 aliphatic heterocycles. The van der Waals surface area contributed by atoms with Gasteiger partial charge in [-0.15, -0.1) is 0 Å². The highest BCUT2D eigenvalue weighted by Gasteiger charge is 2.22. The zero-order valence-electron chi connectivity index (χ0n) is 14.5. The van der Waals surface area contributed by atoms with E-state index in [9.17, 15) is 14.4 Å². The summed E-state index contributed by atoms with van der Waals surface area (Å²) in [5.41, 5.74) is 0.0187. The van der Waals surface area contributed by atoms with Gasteiger partial charge in [-0.05, 0) is 43.4 Å². The Balaban J connectivity index is 1.92. The highest BCUT2D eigenvalue weighted by atomic mass is 16.5. The molecule has 0 spiro atoms. The summed E-state index contributed by atoms with van der Waals surface area (Å²) in [6.45, 7) is 1.71. The number of fused-ring (bicyclic) bond motifs is 1. The van der Waals surface area contributed by atoms with E-state index < -0.39 is 12.0 Å². The van der Waals surface area contributed by atoms with E-state index in [1.165, 1.54) is 17.7 Å². The highest BCUT2D eigenvalue weighted by Crippen LogP contribution is 2.19. The molecular weight excluding hydrogens is 320 g/mol. The van der Waals surface area contributed by atoms with Crippen molar-refractivity contribution in [3.8, 4) is 0 Å². The number of hydrogen-bond acceptors (Lipinski definition) is 4. The summed E-state index contributed by atoms with van der Waals surface area (Å²) in [6, 6.07) is 6.21. The van der Waals surface area contributed by atoms with Crippen LogP contribution in [0.5, 0.6) is 0 Å². The van der Waals surface area contributed by atoms with E-state index >= 15 is 0 Å². The monoisotopic (exact) mass is 342 g/mol. The Morgan fingerprint density at radius 2 is 1.96 bits per heavy atom.